The Morgan fingerprint density at radius 3 is 2.50 bits per heavy atom. The third-order valence-electron chi connectivity index (χ3n) is 4.09. The molecule has 4 amide bonds. The van der Waals surface area contributed by atoms with Gasteiger partial charge in [-0.2, -0.15) is 0 Å². The van der Waals surface area contributed by atoms with E-state index in [1.165, 1.54) is 6.08 Å². The molecule has 144 valence electrons. The molecule has 6 nitrogen and oxygen atoms in total. The van der Waals surface area contributed by atoms with Gasteiger partial charge < -0.3 is 4.74 Å². The maximum absolute atomic E-state index is 13.0. The number of hydrogen-bond acceptors (Lipinski definition) is 4. The Morgan fingerprint density at radius 2 is 1.82 bits per heavy atom. The summed E-state index contributed by atoms with van der Waals surface area (Å²) in [5.74, 6) is -0.889. The first-order chi connectivity index (χ1) is 13.3. The van der Waals surface area contributed by atoms with Crippen molar-refractivity contribution in [1.82, 2.24) is 5.32 Å². The molecule has 0 saturated carbocycles. The van der Waals surface area contributed by atoms with Crippen LogP contribution in [0.25, 0.3) is 6.08 Å². The van der Waals surface area contributed by atoms with Gasteiger partial charge in [0, 0.05) is 10.0 Å². The van der Waals surface area contributed by atoms with E-state index in [2.05, 4.69) is 21.2 Å². The summed E-state index contributed by atoms with van der Waals surface area (Å²) in [5, 5.41) is 2.24. The predicted molar refractivity (Wildman–Crippen MR) is 110 cm³/mol. The molecule has 0 aliphatic carbocycles. The second-order valence-electron chi connectivity index (χ2n) is 6.59. The summed E-state index contributed by atoms with van der Waals surface area (Å²) in [6.07, 6.45) is 1.36. The van der Waals surface area contributed by atoms with Crippen LogP contribution in [-0.4, -0.2) is 23.9 Å². The molecular weight excluding hydrogens is 424 g/mol. The van der Waals surface area contributed by atoms with Crippen LogP contribution < -0.4 is 15.0 Å². The summed E-state index contributed by atoms with van der Waals surface area (Å²) in [6.45, 7) is 5.56. The molecule has 7 heteroatoms. The molecule has 0 atom stereocenters. The fourth-order valence-electron chi connectivity index (χ4n) is 2.84. The molecule has 0 spiro atoms. The van der Waals surface area contributed by atoms with Crippen LogP contribution in [0.1, 0.15) is 25.0 Å². The largest absolute Gasteiger partial charge is 0.490 e. The minimum absolute atomic E-state index is 0.0840. The topological polar surface area (TPSA) is 75.7 Å². The number of anilines is 1. The number of aryl methyl sites for hydroxylation is 1. The summed E-state index contributed by atoms with van der Waals surface area (Å²) >= 11 is 3.39. The first kappa shape index (κ1) is 19.8. The van der Waals surface area contributed by atoms with Crippen molar-refractivity contribution >= 4 is 45.5 Å². The number of amides is 4. The number of halogens is 1. The summed E-state index contributed by atoms with van der Waals surface area (Å²) in [6, 6.07) is 11.5. The van der Waals surface area contributed by atoms with Crippen molar-refractivity contribution < 1.29 is 19.1 Å². The average molecular weight is 443 g/mol. The van der Waals surface area contributed by atoms with Crippen LogP contribution in [0.5, 0.6) is 5.75 Å². The zero-order chi connectivity index (χ0) is 20.4. The van der Waals surface area contributed by atoms with Gasteiger partial charge in [-0.05, 0) is 56.7 Å². The number of para-hydroxylation sites is 1. The van der Waals surface area contributed by atoms with Gasteiger partial charge in [0.1, 0.15) is 11.3 Å². The number of benzene rings is 2. The van der Waals surface area contributed by atoms with E-state index in [0.717, 1.165) is 14.9 Å². The SMILES string of the molecule is Cc1ccccc1N1C(=O)NC(=O)/C(=C\c2cc(Br)ccc2OC(C)C)C1=O. The van der Waals surface area contributed by atoms with Gasteiger partial charge in [0.15, 0.2) is 0 Å². The van der Waals surface area contributed by atoms with E-state index in [9.17, 15) is 14.4 Å². The Balaban J connectivity index is 2.08. The zero-order valence-corrected chi connectivity index (χ0v) is 17.2. The lowest BCUT2D eigenvalue weighted by Crippen LogP contribution is -2.54. The van der Waals surface area contributed by atoms with E-state index in [1.54, 1.807) is 37.3 Å². The lowest BCUT2D eigenvalue weighted by atomic mass is 10.0. The standard InChI is InChI=1S/C21H19BrN2O4/c1-12(2)28-18-9-8-15(22)10-14(18)11-16-19(25)23-21(27)24(20(16)26)17-7-5-4-6-13(17)3/h4-12H,1-3H3,(H,23,25,27)/b16-11+. The highest BCUT2D eigenvalue weighted by molar-refractivity contribution is 9.10. The number of urea groups is 1. The molecule has 3 rings (SSSR count). The number of barbiturate groups is 1. The highest BCUT2D eigenvalue weighted by atomic mass is 79.9. The van der Waals surface area contributed by atoms with Gasteiger partial charge in [-0.15, -0.1) is 0 Å². The monoisotopic (exact) mass is 442 g/mol. The number of carbonyl (C=O) groups is 3. The molecular formula is C21H19BrN2O4. The predicted octanol–water partition coefficient (Wildman–Crippen LogP) is 4.21. The molecule has 1 heterocycles. The van der Waals surface area contributed by atoms with Crippen molar-refractivity contribution in [2.24, 2.45) is 0 Å². The van der Waals surface area contributed by atoms with Gasteiger partial charge >= 0.3 is 6.03 Å². The first-order valence-corrected chi connectivity index (χ1v) is 9.50. The minimum atomic E-state index is -0.769. The van der Waals surface area contributed by atoms with Crippen molar-refractivity contribution in [3.8, 4) is 5.75 Å². The smallest absolute Gasteiger partial charge is 0.335 e. The number of carbonyl (C=O) groups excluding carboxylic acids is 3. The molecule has 0 aromatic heterocycles. The van der Waals surface area contributed by atoms with E-state index >= 15 is 0 Å². The third kappa shape index (κ3) is 3.99. The molecule has 2 aromatic rings. The third-order valence-corrected chi connectivity index (χ3v) is 4.59. The van der Waals surface area contributed by atoms with Crippen molar-refractivity contribution in [3.63, 3.8) is 0 Å². The Kier molecular flexibility index (Phi) is 5.65. The number of nitrogens with one attached hydrogen (secondary N) is 1. The molecule has 1 aliphatic rings. The van der Waals surface area contributed by atoms with E-state index < -0.39 is 17.8 Å². The Hall–Kier alpha value is -2.93. The Labute approximate surface area is 171 Å². The van der Waals surface area contributed by atoms with E-state index in [1.807, 2.05) is 26.0 Å². The quantitative estimate of drug-likeness (QED) is 0.568. The number of ether oxygens (including phenoxy) is 1. The van der Waals surface area contributed by atoms with E-state index in [4.69, 9.17) is 4.74 Å². The van der Waals surface area contributed by atoms with Crippen molar-refractivity contribution in [1.29, 1.82) is 0 Å². The lowest BCUT2D eigenvalue weighted by Gasteiger charge is -2.27. The first-order valence-electron chi connectivity index (χ1n) is 8.71. The summed E-state index contributed by atoms with van der Waals surface area (Å²) < 4.78 is 6.54. The van der Waals surface area contributed by atoms with Gasteiger partial charge in [0.25, 0.3) is 11.8 Å². The Morgan fingerprint density at radius 1 is 1.11 bits per heavy atom. The maximum Gasteiger partial charge on any atom is 0.335 e. The maximum atomic E-state index is 13.0. The van der Waals surface area contributed by atoms with E-state index in [0.29, 0.717) is 17.0 Å². The molecule has 0 radical (unpaired) electrons. The van der Waals surface area contributed by atoms with Crippen LogP contribution in [0.3, 0.4) is 0 Å². The Bertz CT molecular complexity index is 998. The van der Waals surface area contributed by atoms with Crippen LogP contribution in [0.4, 0.5) is 10.5 Å². The highest BCUT2D eigenvalue weighted by Crippen LogP contribution is 2.29. The van der Waals surface area contributed by atoms with Crippen LogP contribution >= 0.6 is 15.9 Å². The zero-order valence-electron chi connectivity index (χ0n) is 15.7. The van der Waals surface area contributed by atoms with Crippen LogP contribution in [0.2, 0.25) is 0 Å². The normalized spacial score (nSPS) is 16.0. The molecule has 1 N–H and O–H groups in total. The molecule has 0 unspecified atom stereocenters. The van der Waals surface area contributed by atoms with E-state index in [-0.39, 0.29) is 11.7 Å². The number of rotatable bonds is 4. The summed E-state index contributed by atoms with van der Waals surface area (Å²) in [7, 11) is 0. The highest BCUT2D eigenvalue weighted by Gasteiger charge is 2.37. The van der Waals surface area contributed by atoms with Gasteiger partial charge in [-0.1, -0.05) is 34.1 Å². The number of nitrogens with zero attached hydrogens (tertiary/aromatic N) is 1. The molecule has 1 aliphatic heterocycles. The van der Waals surface area contributed by atoms with Gasteiger partial charge in [0.05, 0.1) is 11.8 Å². The molecule has 2 aromatic carbocycles. The van der Waals surface area contributed by atoms with Crippen molar-refractivity contribution in [3.05, 3.63) is 63.6 Å². The van der Waals surface area contributed by atoms with Gasteiger partial charge in [0.2, 0.25) is 0 Å². The number of hydrogen-bond donors (Lipinski definition) is 1. The van der Waals surface area contributed by atoms with Crippen LogP contribution in [0.15, 0.2) is 52.5 Å². The minimum Gasteiger partial charge on any atom is -0.490 e. The molecule has 1 fully saturated rings. The summed E-state index contributed by atoms with van der Waals surface area (Å²) in [4.78, 5) is 38.8. The second-order valence-corrected chi connectivity index (χ2v) is 7.51. The fourth-order valence-corrected chi connectivity index (χ4v) is 3.22. The number of imide groups is 2. The fraction of sp³-hybridized carbons (Fsp3) is 0.190. The summed E-state index contributed by atoms with van der Waals surface area (Å²) in [5.41, 5.74) is 1.58. The molecule has 28 heavy (non-hydrogen) atoms. The molecule has 0 bridgehead atoms. The van der Waals surface area contributed by atoms with Crippen molar-refractivity contribution in [2.75, 3.05) is 4.90 Å². The average Bonchev–Trinajstić information content (AvgIpc) is 2.62. The van der Waals surface area contributed by atoms with Gasteiger partial charge in [-0.3, -0.25) is 14.9 Å². The van der Waals surface area contributed by atoms with Gasteiger partial charge in [-0.25, -0.2) is 9.69 Å². The van der Waals surface area contributed by atoms with Crippen molar-refractivity contribution in [2.45, 2.75) is 26.9 Å². The van der Waals surface area contributed by atoms with Crippen LogP contribution in [0, 0.1) is 6.92 Å². The molecule has 1 saturated heterocycles. The second kappa shape index (κ2) is 7.98. The van der Waals surface area contributed by atoms with Crippen LogP contribution in [-0.2, 0) is 9.59 Å². The lowest BCUT2D eigenvalue weighted by molar-refractivity contribution is -0.122.